The Morgan fingerprint density at radius 2 is 0.622 bits per heavy atom. The van der Waals surface area contributed by atoms with E-state index in [-0.39, 0.29) is 0 Å². The maximum atomic E-state index is 12.9. The fraction of sp³-hybridized carbons (Fsp3) is 0. The second-order valence-electron chi connectivity index (χ2n) is 21.3. The van der Waals surface area contributed by atoms with E-state index in [0.29, 0.717) is 22.7 Å². The summed E-state index contributed by atoms with van der Waals surface area (Å²) in [7, 11) is 0. The zero-order chi connectivity index (χ0) is 53.5. The van der Waals surface area contributed by atoms with E-state index in [0.717, 1.165) is 152 Å². The van der Waals surface area contributed by atoms with E-state index in [2.05, 4.69) is 220 Å². The standard InChI is InChI=1S/C73H38N4O3S2/c74-39-52-63(40-33-35-61-50(37-40)42-17-7-15-31-59(42)81-61)68(75-53-25-9-1-19-44(53)65-47-22-4-12-28-56(47)78-71(65)75)70(77-55-27-11-3-21-46(55)67-49-24-6-14-30-58(49)80-73(67)77)69(64(52)41-34-36-62-51(38-41)43-18-8-16-32-60(43)82-62)76-54-26-10-2-20-45(54)66-48-23-5-13-29-57(48)79-72(66)76/h1-38H. The number of hydrogen-bond acceptors (Lipinski definition) is 6. The topological polar surface area (TPSA) is 78.0 Å². The highest BCUT2D eigenvalue weighted by atomic mass is 32.1. The lowest BCUT2D eigenvalue weighted by molar-refractivity contribution is 0.637. The van der Waals surface area contributed by atoms with Crippen molar-refractivity contribution in [2.45, 2.75) is 0 Å². The smallest absolute Gasteiger partial charge is 0.213 e. The fourth-order valence-corrected chi connectivity index (χ4v) is 16.0. The minimum atomic E-state index is 0.493. The SMILES string of the molecule is N#Cc1c(-c2ccc3sc4ccccc4c3c2)c(-n2c3ccccc3c3c4ccccc4oc32)c(-n2c3ccccc3c3c4ccccc4oc32)c(-n2c3ccccc3c3c4ccccc4oc32)c1-c1ccc2sc3ccccc3c2c1. The molecule has 0 aliphatic heterocycles. The molecule has 0 aliphatic rings. The fourth-order valence-electron chi connectivity index (χ4n) is 13.8. The first kappa shape index (κ1) is 44.2. The van der Waals surface area contributed by atoms with Gasteiger partial charge in [0.1, 0.15) is 22.8 Å². The first-order valence-corrected chi connectivity index (χ1v) is 29.0. The molecule has 82 heavy (non-hydrogen) atoms. The number of fused-ring (bicyclic) bond motifs is 21. The molecule has 8 heterocycles. The van der Waals surface area contributed by atoms with Crippen molar-refractivity contribution in [1.29, 1.82) is 5.26 Å². The van der Waals surface area contributed by atoms with Crippen molar-refractivity contribution >= 4 is 162 Å². The van der Waals surface area contributed by atoms with Crippen molar-refractivity contribution < 1.29 is 13.3 Å². The van der Waals surface area contributed by atoms with Crippen LogP contribution in [-0.4, -0.2) is 13.7 Å². The minimum absolute atomic E-state index is 0.493. The molecule has 19 rings (SSSR count). The van der Waals surface area contributed by atoms with Gasteiger partial charge in [0, 0.05) is 83.8 Å². The van der Waals surface area contributed by atoms with E-state index in [4.69, 9.17) is 13.3 Å². The summed E-state index contributed by atoms with van der Waals surface area (Å²) in [6.07, 6.45) is 0. The maximum Gasteiger partial charge on any atom is 0.213 e. The van der Waals surface area contributed by atoms with Crippen molar-refractivity contribution in [2.24, 2.45) is 0 Å². The normalized spacial score (nSPS) is 12.4. The van der Waals surface area contributed by atoms with Crippen molar-refractivity contribution in [3.63, 3.8) is 0 Å². The molecule has 0 atom stereocenters. The zero-order valence-corrected chi connectivity index (χ0v) is 44.9. The van der Waals surface area contributed by atoms with Gasteiger partial charge >= 0.3 is 0 Å². The third-order valence-electron chi connectivity index (χ3n) is 17.1. The number of nitriles is 1. The molecule has 7 nitrogen and oxygen atoms in total. The molecule has 11 aromatic carbocycles. The van der Waals surface area contributed by atoms with Crippen LogP contribution in [0.1, 0.15) is 5.56 Å². The molecule has 0 amide bonds. The summed E-state index contributed by atoms with van der Waals surface area (Å²) in [6, 6.07) is 84.6. The van der Waals surface area contributed by atoms with Crippen LogP contribution in [0.5, 0.6) is 0 Å². The molecule has 0 saturated carbocycles. The number of thiophene rings is 2. The second kappa shape index (κ2) is 16.2. The summed E-state index contributed by atoms with van der Waals surface area (Å²) in [6.45, 7) is 0. The molecule has 9 heteroatoms. The Kier molecular flexibility index (Phi) is 8.77. The summed E-state index contributed by atoms with van der Waals surface area (Å²) in [5.41, 5.74) is 13.0. The second-order valence-corrected chi connectivity index (χ2v) is 23.5. The van der Waals surface area contributed by atoms with Gasteiger partial charge in [-0.2, -0.15) is 5.26 Å². The first-order valence-electron chi connectivity index (χ1n) is 27.4. The van der Waals surface area contributed by atoms with Crippen LogP contribution < -0.4 is 0 Å². The molecule has 19 aromatic rings. The summed E-state index contributed by atoms with van der Waals surface area (Å²) >= 11 is 3.56. The van der Waals surface area contributed by atoms with E-state index < -0.39 is 0 Å². The number of aromatic nitrogens is 3. The average Bonchev–Trinajstić information content (AvgIpc) is 3.48. The van der Waals surface area contributed by atoms with Crippen molar-refractivity contribution in [3.8, 4) is 45.4 Å². The van der Waals surface area contributed by atoms with Gasteiger partial charge in [0.15, 0.2) is 0 Å². The van der Waals surface area contributed by atoms with Gasteiger partial charge in [-0.1, -0.05) is 158 Å². The van der Waals surface area contributed by atoms with Crippen molar-refractivity contribution in [2.75, 3.05) is 0 Å². The van der Waals surface area contributed by atoms with Crippen LogP contribution in [-0.2, 0) is 0 Å². The van der Waals surface area contributed by atoms with Crippen LogP contribution in [0, 0.1) is 11.3 Å². The van der Waals surface area contributed by atoms with E-state index >= 15 is 0 Å². The van der Waals surface area contributed by atoms with Gasteiger partial charge in [0.05, 0.1) is 55.3 Å². The number of nitrogens with zero attached hydrogens (tertiary/aromatic N) is 4. The van der Waals surface area contributed by atoms with E-state index in [9.17, 15) is 5.26 Å². The summed E-state index contributed by atoms with van der Waals surface area (Å²) < 4.78 is 33.7. The van der Waals surface area contributed by atoms with E-state index in [1.165, 1.54) is 9.40 Å². The molecule has 0 saturated heterocycles. The van der Waals surface area contributed by atoms with Gasteiger partial charge in [-0.3, -0.25) is 13.7 Å². The predicted molar refractivity (Wildman–Crippen MR) is 340 cm³/mol. The highest BCUT2D eigenvalue weighted by Crippen LogP contribution is 2.55. The predicted octanol–water partition coefficient (Wildman–Crippen LogP) is 21.2. The molecule has 0 fully saturated rings. The lowest BCUT2D eigenvalue weighted by Crippen LogP contribution is -2.14. The largest absolute Gasteiger partial charge is 0.439 e. The van der Waals surface area contributed by atoms with Crippen molar-refractivity contribution in [3.05, 3.63) is 236 Å². The Hall–Kier alpha value is -10.6. The third-order valence-corrected chi connectivity index (χ3v) is 19.4. The molecule has 8 aromatic heterocycles. The molecule has 0 radical (unpaired) electrons. The quantitative estimate of drug-likeness (QED) is 0.172. The number of benzene rings is 11. The van der Waals surface area contributed by atoms with Crippen LogP contribution in [0.15, 0.2) is 244 Å². The summed E-state index contributed by atoms with van der Waals surface area (Å²) in [5, 5.41) is 26.5. The Morgan fingerprint density at radius 3 is 1.01 bits per heavy atom. The monoisotopic (exact) mass is 1080 g/mol. The van der Waals surface area contributed by atoms with Crippen molar-refractivity contribution in [1.82, 2.24) is 13.7 Å². The molecule has 0 spiro atoms. The van der Waals surface area contributed by atoms with Crippen LogP contribution >= 0.6 is 22.7 Å². The molecule has 0 unspecified atom stereocenters. The van der Waals surface area contributed by atoms with Gasteiger partial charge < -0.3 is 13.3 Å². The maximum absolute atomic E-state index is 12.9. The molecule has 0 N–H and O–H groups in total. The Morgan fingerprint density at radius 1 is 0.305 bits per heavy atom. The molecular weight excluding hydrogens is 1040 g/mol. The average molecular weight is 1080 g/mol. The highest BCUT2D eigenvalue weighted by Gasteiger charge is 2.37. The van der Waals surface area contributed by atoms with Gasteiger partial charge in [0.2, 0.25) is 17.1 Å². The van der Waals surface area contributed by atoms with Crippen LogP contribution in [0.25, 0.3) is 179 Å². The van der Waals surface area contributed by atoms with Crippen LogP contribution in [0.2, 0.25) is 0 Å². The highest BCUT2D eigenvalue weighted by molar-refractivity contribution is 7.26. The van der Waals surface area contributed by atoms with E-state index in [1.54, 1.807) is 22.7 Å². The summed E-state index contributed by atoms with van der Waals surface area (Å²) in [4.78, 5) is 0. The first-order chi connectivity index (χ1) is 40.7. The van der Waals surface area contributed by atoms with Gasteiger partial charge in [0.25, 0.3) is 0 Å². The number of hydrogen-bond donors (Lipinski definition) is 0. The van der Waals surface area contributed by atoms with Gasteiger partial charge in [-0.05, 0) is 83.9 Å². The third kappa shape index (κ3) is 5.76. The van der Waals surface area contributed by atoms with Crippen LogP contribution in [0.3, 0.4) is 0 Å². The Labute approximate surface area is 472 Å². The molecular formula is C73H38N4O3S2. The number of furan rings is 3. The van der Waals surface area contributed by atoms with Gasteiger partial charge in [-0.25, -0.2) is 0 Å². The number of rotatable bonds is 5. The number of para-hydroxylation sites is 6. The lowest BCUT2D eigenvalue weighted by Gasteiger charge is -2.28. The molecule has 0 bridgehead atoms. The van der Waals surface area contributed by atoms with Gasteiger partial charge in [-0.15, -0.1) is 22.7 Å². The Balaban J connectivity index is 1.15. The zero-order valence-electron chi connectivity index (χ0n) is 43.3. The minimum Gasteiger partial charge on any atom is -0.439 e. The Bertz CT molecular complexity index is 5770. The van der Waals surface area contributed by atoms with Crippen LogP contribution in [0.4, 0.5) is 0 Å². The lowest BCUT2D eigenvalue weighted by atomic mass is 9.86. The molecule has 0 aliphatic carbocycles. The van der Waals surface area contributed by atoms with E-state index in [1.807, 2.05) is 30.3 Å². The summed E-state index contributed by atoms with van der Waals surface area (Å²) in [5.74, 6) is 0. The molecule has 380 valence electrons.